The Hall–Kier alpha value is -1.03. The largest absolute Gasteiger partial charge is 0.293 e. The summed E-state index contributed by atoms with van der Waals surface area (Å²) in [5.41, 5.74) is 1.68. The lowest BCUT2D eigenvalue weighted by Crippen LogP contribution is -2.02. The predicted molar refractivity (Wildman–Crippen MR) is 57.8 cm³/mol. The molecule has 0 fully saturated rings. The maximum Gasteiger partial charge on any atom is 0.180 e. The summed E-state index contributed by atoms with van der Waals surface area (Å²) < 4.78 is 3.81. The van der Waals surface area contributed by atoms with Crippen LogP contribution in [-0.4, -0.2) is 15.4 Å². The van der Waals surface area contributed by atoms with Crippen LogP contribution in [0.1, 0.15) is 48.5 Å². The molecule has 0 spiro atoms. The fourth-order valence-electron chi connectivity index (χ4n) is 1.12. The van der Waals surface area contributed by atoms with Crippen LogP contribution in [0, 0.1) is 0 Å². The van der Waals surface area contributed by atoms with Crippen LogP contribution in [0.2, 0.25) is 0 Å². The SMILES string of the molecule is C=C(C)CC(=O)c1snnc1C(C)C. The minimum Gasteiger partial charge on any atom is -0.293 e. The van der Waals surface area contributed by atoms with E-state index >= 15 is 0 Å². The molecule has 0 saturated heterocycles. The molecule has 14 heavy (non-hydrogen) atoms. The van der Waals surface area contributed by atoms with Gasteiger partial charge in [-0.05, 0) is 24.4 Å². The predicted octanol–water partition coefficient (Wildman–Crippen LogP) is 2.81. The van der Waals surface area contributed by atoms with E-state index in [1.807, 2.05) is 20.8 Å². The van der Waals surface area contributed by atoms with Crippen molar-refractivity contribution in [2.24, 2.45) is 0 Å². The van der Waals surface area contributed by atoms with Gasteiger partial charge in [-0.2, -0.15) is 0 Å². The Labute approximate surface area is 88.0 Å². The van der Waals surface area contributed by atoms with E-state index in [1.54, 1.807) is 0 Å². The first kappa shape index (κ1) is 11.0. The molecule has 76 valence electrons. The average Bonchev–Trinajstić information content (AvgIpc) is 2.49. The molecule has 0 amide bonds. The summed E-state index contributed by atoms with van der Waals surface area (Å²) in [4.78, 5) is 12.4. The van der Waals surface area contributed by atoms with Gasteiger partial charge in [0.2, 0.25) is 0 Å². The number of carbonyl (C=O) groups is 1. The number of ketones is 1. The van der Waals surface area contributed by atoms with Gasteiger partial charge in [0.05, 0.1) is 5.69 Å². The minimum absolute atomic E-state index is 0.0798. The molecule has 0 unspecified atom stereocenters. The van der Waals surface area contributed by atoms with Crippen molar-refractivity contribution in [1.29, 1.82) is 0 Å². The Balaban J connectivity index is 2.89. The molecule has 0 radical (unpaired) electrons. The molecule has 0 aliphatic carbocycles. The van der Waals surface area contributed by atoms with Crippen LogP contribution in [0.3, 0.4) is 0 Å². The fraction of sp³-hybridized carbons (Fsp3) is 0.500. The second-order valence-corrected chi connectivity index (χ2v) is 4.45. The van der Waals surface area contributed by atoms with Gasteiger partial charge >= 0.3 is 0 Å². The molecule has 0 N–H and O–H groups in total. The van der Waals surface area contributed by atoms with E-state index < -0.39 is 0 Å². The summed E-state index contributed by atoms with van der Waals surface area (Å²) in [6, 6.07) is 0. The van der Waals surface area contributed by atoms with Gasteiger partial charge < -0.3 is 0 Å². The van der Waals surface area contributed by atoms with Gasteiger partial charge in [0.1, 0.15) is 4.88 Å². The zero-order valence-electron chi connectivity index (χ0n) is 8.70. The highest BCUT2D eigenvalue weighted by atomic mass is 32.1. The Morgan fingerprint density at radius 1 is 1.57 bits per heavy atom. The summed E-state index contributed by atoms with van der Waals surface area (Å²) in [7, 11) is 0. The molecule has 0 aromatic carbocycles. The molecule has 0 bridgehead atoms. The van der Waals surface area contributed by atoms with E-state index in [9.17, 15) is 4.79 Å². The van der Waals surface area contributed by atoms with Gasteiger partial charge in [-0.25, -0.2) is 0 Å². The number of rotatable bonds is 4. The Morgan fingerprint density at radius 3 is 2.71 bits per heavy atom. The molecule has 4 heteroatoms. The first-order valence-corrected chi connectivity index (χ1v) is 5.29. The van der Waals surface area contributed by atoms with Crippen molar-refractivity contribution >= 4 is 17.3 Å². The second-order valence-electron chi connectivity index (χ2n) is 3.70. The van der Waals surface area contributed by atoms with Crippen LogP contribution in [-0.2, 0) is 0 Å². The summed E-state index contributed by atoms with van der Waals surface area (Å²) in [6.45, 7) is 9.59. The normalized spacial score (nSPS) is 10.6. The molecule has 1 aromatic rings. The third-order valence-electron chi connectivity index (χ3n) is 1.78. The van der Waals surface area contributed by atoms with Crippen LogP contribution in [0.4, 0.5) is 0 Å². The number of carbonyl (C=O) groups excluding carboxylic acids is 1. The van der Waals surface area contributed by atoms with Crippen molar-refractivity contribution in [1.82, 2.24) is 9.59 Å². The Kier molecular flexibility index (Phi) is 3.52. The first-order chi connectivity index (χ1) is 6.52. The molecule has 0 aliphatic heterocycles. The standard InChI is InChI=1S/C10H14N2OS/c1-6(2)5-8(13)10-9(7(3)4)11-12-14-10/h7H,1,5H2,2-4H3. The second kappa shape index (κ2) is 4.46. The summed E-state index contributed by atoms with van der Waals surface area (Å²) in [5, 5.41) is 3.96. The molecule has 3 nitrogen and oxygen atoms in total. The van der Waals surface area contributed by atoms with Crippen molar-refractivity contribution < 1.29 is 4.79 Å². The molecule has 0 saturated carbocycles. The zero-order valence-corrected chi connectivity index (χ0v) is 9.52. The van der Waals surface area contributed by atoms with E-state index in [1.165, 1.54) is 11.5 Å². The van der Waals surface area contributed by atoms with Crippen LogP contribution < -0.4 is 0 Å². The van der Waals surface area contributed by atoms with Crippen LogP contribution in [0.25, 0.3) is 0 Å². The van der Waals surface area contributed by atoms with Crippen molar-refractivity contribution in [3.05, 3.63) is 22.7 Å². The Bertz CT molecular complexity index is 355. The number of hydrogen-bond donors (Lipinski definition) is 0. The molecule has 1 rings (SSSR count). The van der Waals surface area contributed by atoms with Crippen molar-refractivity contribution in [3.8, 4) is 0 Å². The molecule has 0 aliphatic rings. The molecular formula is C10H14N2OS. The smallest absolute Gasteiger partial charge is 0.180 e. The van der Waals surface area contributed by atoms with E-state index in [0.717, 1.165) is 11.3 Å². The van der Waals surface area contributed by atoms with E-state index in [0.29, 0.717) is 11.3 Å². The van der Waals surface area contributed by atoms with Gasteiger partial charge in [0.15, 0.2) is 5.78 Å². The third-order valence-corrected chi connectivity index (χ3v) is 2.56. The topological polar surface area (TPSA) is 42.9 Å². The number of aromatic nitrogens is 2. The monoisotopic (exact) mass is 210 g/mol. The van der Waals surface area contributed by atoms with Crippen molar-refractivity contribution in [2.45, 2.75) is 33.1 Å². The summed E-state index contributed by atoms with van der Waals surface area (Å²) in [6.07, 6.45) is 0.392. The zero-order chi connectivity index (χ0) is 10.7. The number of hydrogen-bond acceptors (Lipinski definition) is 4. The van der Waals surface area contributed by atoms with Crippen LogP contribution in [0.5, 0.6) is 0 Å². The number of allylic oxidation sites excluding steroid dienone is 1. The third kappa shape index (κ3) is 2.48. The summed E-state index contributed by atoms with van der Waals surface area (Å²) >= 11 is 1.18. The lowest BCUT2D eigenvalue weighted by molar-refractivity contribution is 0.0995. The minimum atomic E-state index is 0.0798. The van der Waals surface area contributed by atoms with E-state index in [4.69, 9.17) is 0 Å². The number of Topliss-reactive ketones (excluding diaryl/α,β-unsaturated/α-hetero) is 1. The van der Waals surface area contributed by atoms with Gasteiger partial charge in [-0.1, -0.05) is 30.5 Å². The van der Waals surface area contributed by atoms with Crippen molar-refractivity contribution in [2.75, 3.05) is 0 Å². The highest BCUT2D eigenvalue weighted by Gasteiger charge is 2.18. The maximum absolute atomic E-state index is 11.7. The van der Waals surface area contributed by atoms with Crippen LogP contribution in [0.15, 0.2) is 12.2 Å². The van der Waals surface area contributed by atoms with Gasteiger partial charge in [-0.15, -0.1) is 5.10 Å². The molecule has 1 aromatic heterocycles. The van der Waals surface area contributed by atoms with E-state index in [-0.39, 0.29) is 11.7 Å². The lowest BCUT2D eigenvalue weighted by Gasteiger charge is -2.02. The van der Waals surface area contributed by atoms with Gasteiger partial charge in [0, 0.05) is 6.42 Å². The van der Waals surface area contributed by atoms with Crippen LogP contribution >= 0.6 is 11.5 Å². The maximum atomic E-state index is 11.7. The van der Waals surface area contributed by atoms with Crippen molar-refractivity contribution in [3.63, 3.8) is 0 Å². The van der Waals surface area contributed by atoms with E-state index in [2.05, 4.69) is 16.2 Å². The number of nitrogens with zero attached hydrogens (tertiary/aromatic N) is 2. The van der Waals surface area contributed by atoms with Gasteiger partial charge in [0.25, 0.3) is 0 Å². The highest BCUT2D eigenvalue weighted by Crippen LogP contribution is 2.21. The highest BCUT2D eigenvalue weighted by molar-refractivity contribution is 7.08. The van der Waals surface area contributed by atoms with Gasteiger partial charge in [-0.3, -0.25) is 4.79 Å². The Morgan fingerprint density at radius 2 is 2.21 bits per heavy atom. The summed E-state index contributed by atoms with van der Waals surface area (Å²) in [5.74, 6) is 0.328. The molecule has 0 atom stereocenters. The quantitative estimate of drug-likeness (QED) is 0.567. The fourth-order valence-corrected chi connectivity index (χ4v) is 1.88. The average molecular weight is 210 g/mol. The first-order valence-electron chi connectivity index (χ1n) is 4.52. The molecule has 1 heterocycles. The lowest BCUT2D eigenvalue weighted by atomic mass is 10.1. The molecular weight excluding hydrogens is 196 g/mol.